The lowest BCUT2D eigenvalue weighted by Crippen LogP contribution is -2.60. The van der Waals surface area contributed by atoms with Crippen LogP contribution in [0.3, 0.4) is 0 Å². The molecular formula is C30H38N4O5S2. The second-order valence-corrected chi connectivity index (χ2v) is 13.4. The summed E-state index contributed by atoms with van der Waals surface area (Å²) in [4.78, 5) is 32.7. The van der Waals surface area contributed by atoms with Crippen molar-refractivity contribution < 1.29 is 22.7 Å². The Hall–Kier alpha value is -3.28. The van der Waals surface area contributed by atoms with Gasteiger partial charge in [0, 0.05) is 26.2 Å². The largest absolute Gasteiger partial charge is 0.465 e. The Morgan fingerprint density at radius 2 is 1.73 bits per heavy atom. The standard InChI is InChI=1S/C30H38N4O5S2/c1-6-7-22-10-14-25(15-11-22)41(37,38)34-17-16-33(30-32-21(4)27(40-30)29(36)39-5)19-26(34)28(35)31-18-23-8-12-24(13-9-23)20(2)3/h8-15,20,26H,6-7,16-19H2,1-5H3,(H,31,35). The van der Waals surface area contributed by atoms with Gasteiger partial charge in [-0.15, -0.1) is 0 Å². The third-order valence-corrected chi connectivity index (χ3v) is 10.4. The van der Waals surface area contributed by atoms with Gasteiger partial charge in [0.05, 0.1) is 17.7 Å². The van der Waals surface area contributed by atoms with Crippen LogP contribution >= 0.6 is 11.3 Å². The van der Waals surface area contributed by atoms with Crippen molar-refractivity contribution in [3.63, 3.8) is 0 Å². The molecule has 1 aliphatic rings. The van der Waals surface area contributed by atoms with Gasteiger partial charge in [0.2, 0.25) is 15.9 Å². The van der Waals surface area contributed by atoms with Crippen LogP contribution in [0.1, 0.15) is 65.2 Å². The Morgan fingerprint density at radius 3 is 2.34 bits per heavy atom. The molecule has 9 nitrogen and oxygen atoms in total. The van der Waals surface area contributed by atoms with E-state index in [1.807, 2.05) is 41.3 Å². The number of sulfonamides is 1. The number of amides is 1. The molecule has 11 heteroatoms. The van der Waals surface area contributed by atoms with Crippen molar-refractivity contribution in [2.24, 2.45) is 0 Å². The first kappa shape index (κ1) is 30.7. The van der Waals surface area contributed by atoms with Crippen molar-refractivity contribution in [2.45, 2.75) is 63.9 Å². The summed E-state index contributed by atoms with van der Waals surface area (Å²) in [5.74, 6) is -0.470. The van der Waals surface area contributed by atoms with Crippen molar-refractivity contribution in [3.05, 3.63) is 75.8 Å². The van der Waals surface area contributed by atoms with Crippen LogP contribution in [0.25, 0.3) is 0 Å². The number of nitrogens with one attached hydrogen (secondary N) is 1. The number of benzene rings is 2. The second kappa shape index (κ2) is 13.1. The van der Waals surface area contributed by atoms with Crippen molar-refractivity contribution in [2.75, 3.05) is 31.6 Å². The lowest BCUT2D eigenvalue weighted by Gasteiger charge is -2.39. The van der Waals surface area contributed by atoms with E-state index in [2.05, 4.69) is 31.1 Å². The Bertz CT molecular complexity index is 1470. The number of methoxy groups -OCH3 is 1. The van der Waals surface area contributed by atoms with Crippen molar-refractivity contribution >= 4 is 38.4 Å². The number of rotatable bonds is 10. The van der Waals surface area contributed by atoms with Crippen LogP contribution in [0.2, 0.25) is 0 Å². The van der Waals surface area contributed by atoms with E-state index in [1.54, 1.807) is 19.1 Å². The fourth-order valence-corrected chi connectivity index (χ4v) is 7.41. The van der Waals surface area contributed by atoms with Gasteiger partial charge in [-0.1, -0.05) is 74.9 Å². The maximum atomic E-state index is 13.8. The summed E-state index contributed by atoms with van der Waals surface area (Å²) < 4.78 is 33.8. The minimum Gasteiger partial charge on any atom is -0.465 e. The highest BCUT2D eigenvalue weighted by atomic mass is 32.2. The molecule has 0 bridgehead atoms. The molecule has 0 radical (unpaired) electrons. The van der Waals surface area contributed by atoms with Crippen LogP contribution in [-0.4, -0.2) is 62.4 Å². The molecule has 0 spiro atoms. The first-order valence-corrected chi connectivity index (χ1v) is 16.1. The lowest BCUT2D eigenvalue weighted by atomic mass is 10.0. The molecule has 4 rings (SSSR count). The molecule has 41 heavy (non-hydrogen) atoms. The summed E-state index contributed by atoms with van der Waals surface area (Å²) in [5.41, 5.74) is 3.73. The summed E-state index contributed by atoms with van der Waals surface area (Å²) in [6.07, 6.45) is 1.83. The van der Waals surface area contributed by atoms with E-state index in [1.165, 1.54) is 28.3 Å². The number of hydrogen-bond acceptors (Lipinski definition) is 8. The fourth-order valence-electron chi connectivity index (χ4n) is 4.82. The molecule has 0 saturated carbocycles. The molecule has 1 atom stereocenters. The molecule has 3 aromatic rings. The molecule has 1 amide bonds. The minimum atomic E-state index is -3.96. The number of esters is 1. The van der Waals surface area contributed by atoms with Gasteiger partial charge in [-0.2, -0.15) is 4.31 Å². The zero-order chi connectivity index (χ0) is 29.7. The normalized spacial score (nSPS) is 16.1. The van der Waals surface area contributed by atoms with E-state index in [4.69, 9.17) is 4.74 Å². The molecule has 0 aliphatic carbocycles. The van der Waals surface area contributed by atoms with Gasteiger partial charge in [0.1, 0.15) is 10.9 Å². The summed E-state index contributed by atoms with van der Waals surface area (Å²) in [7, 11) is -2.64. The van der Waals surface area contributed by atoms with Crippen LogP contribution in [0.4, 0.5) is 5.13 Å². The molecule has 1 saturated heterocycles. The Labute approximate surface area is 246 Å². The average Bonchev–Trinajstić information content (AvgIpc) is 3.37. The monoisotopic (exact) mass is 598 g/mol. The van der Waals surface area contributed by atoms with Crippen LogP contribution in [0.15, 0.2) is 53.4 Å². The number of piperazine rings is 1. The van der Waals surface area contributed by atoms with E-state index < -0.39 is 27.9 Å². The van der Waals surface area contributed by atoms with Crippen LogP contribution in [-0.2, 0) is 32.5 Å². The number of aromatic nitrogens is 1. The topological polar surface area (TPSA) is 109 Å². The predicted molar refractivity (Wildman–Crippen MR) is 161 cm³/mol. The van der Waals surface area contributed by atoms with Gasteiger partial charge in [0.25, 0.3) is 0 Å². The van der Waals surface area contributed by atoms with Gasteiger partial charge >= 0.3 is 5.97 Å². The summed E-state index contributed by atoms with van der Waals surface area (Å²) in [6.45, 7) is 8.82. The van der Waals surface area contributed by atoms with E-state index in [0.717, 1.165) is 24.0 Å². The Morgan fingerprint density at radius 1 is 1.07 bits per heavy atom. The van der Waals surface area contributed by atoms with Crippen LogP contribution in [0, 0.1) is 6.92 Å². The number of carbonyl (C=O) groups excluding carboxylic acids is 2. The summed E-state index contributed by atoms with van der Waals surface area (Å²) in [5, 5.41) is 3.50. The van der Waals surface area contributed by atoms with E-state index in [9.17, 15) is 18.0 Å². The number of carbonyl (C=O) groups is 2. The van der Waals surface area contributed by atoms with Crippen LogP contribution < -0.4 is 10.2 Å². The number of aryl methyl sites for hydroxylation is 2. The number of hydrogen-bond donors (Lipinski definition) is 1. The maximum absolute atomic E-state index is 13.8. The van der Waals surface area contributed by atoms with E-state index in [-0.39, 0.29) is 24.5 Å². The summed E-state index contributed by atoms with van der Waals surface area (Å²) >= 11 is 1.18. The Balaban J connectivity index is 1.60. The molecular weight excluding hydrogens is 560 g/mol. The molecule has 1 N–H and O–H groups in total. The van der Waals surface area contributed by atoms with Crippen molar-refractivity contribution in [1.82, 2.24) is 14.6 Å². The summed E-state index contributed by atoms with van der Waals surface area (Å²) in [6, 6.07) is 13.9. The fraction of sp³-hybridized carbons (Fsp3) is 0.433. The number of nitrogens with zero attached hydrogens (tertiary/aromatic N) is 3. The second-order valence-electron chi connectivity index (χ2n) is 10.5. The van der Waals surface area contributed by atoms with E-state index in [0.29, 0.717) is 28.2 Å². The zero-order valence-corrected chi connectivity index (χ0v) is 25.8. The van der Waals surface area contributed by atoms with Gasteiger partial charge in [-0.3, -0.25) is 4.79 Å². The highest BCUT2D eigenvalue weighted by Gasteiger charge is 2.41. The van der Waals surface area contributed by atoms with Crippen molar-refractivity contribution in [1.29, 1.82) is 0 Å². The molecule has 220 valence electrons. The molecule has 2 aromatic carbocycles. The first-order valence-electron chi connectivity index (χ1n) is 13.8. The molecule has 1 aromatic heterocycles. The lowest BCUT2D eigenvalue weighted by molar-refractivity contribution is -0.125. The van der Waals surface area contributed by atoms with Gasteiger partial charge < -0.3 is 15.0 Å². The third-order valence-electron chi connectivity index (χ3n) is 7.24. The van der Waals surface area contributed by atoms with Gasteiger partial charge in [0.15, 0.2) is 5.13 Å². The third kappa shape index (κ3) is 6.97. The number of anilines is 1. The van der Waals surface area contributed by atoms with Gasteiger partial charge in [-0.25, -0.2) is 18.2 Å². The zero-order valence-electron chi connectivity index (χ0n) is 24.2. The molecule has 1 aliphatic heterocycles. The minimum absolute atomic E-state index is 0.0897. The number of thiazole rings is 1. The van der Waals surface area contributed by atoms with Crippen molar-refractivity contribution in [3.8, 4) is 0 Å². The first-order chi connectivity index (χ1) is 19.5. The van der Waals surface area contributed by atoms with E-state index >= 15 is 0 Å². The van der Waals surface area contributed by atoms with Gasteiger partial charge in [-0.05, 0) is 48.1 Å². The molecule has 1 fully saturated rings. The predicted octanol–water partition coefficient (Wildman–Crippen LogP) is 4.51. The number of ether oxygens (including phenoxy) is 1. The molecule has 2 heterocycles. The smallest absolute Gasteiger partial charge is 0.350 e. The Kier molecular flexibility index (Phi) is 9.83. The highest BCUT2D eigenvalue weighted by molar-refractivity contribution is 7.89. The SMILES string of the molecule is CCCc1ccc(S(=O)(=O)N2CCN(c3nc(C)c(C(=O)OC)s3)CC2C(=O)NCc2ccc(C(C)C)cc2)cc1. The quantitative estimate of drug-likeness (QED) is 0.342. The average molecular weight is 599 g/mol. The highest BCUT2D eigenvalue weighted by Crippen LogP contribution is 2.30. The van der Waals surface area contributed by atoms with Crippen LogP contribution in [0.5, 0.6) is 0 Å². The molecule has 1 unspecified atom stereocenters. The maximum Gasteiger partial charge on any atom is 0.350 e.